The van der Waals surface area contributed by atoms with Crippen LogP contribution in [0.5, 0.6) is 0 Å². The average Bonchev–Trinajstić information content (AvgIpc) is 2.81. The third-order valence-electron chi connectivity index (χ3n) is 8.39. The highest BCUT2D eigenvalue weighted by Gasteiger charge is 2.60. The molecule has 1 N–H and O–H groups in total. The monoisotopic (exact) mass is 328 g/mol. The minimum atomic E-state index is -0.139. The van der Waals surface area contributed by atoms with Gasteiger partial charge in [0.1, 0.15) is 5.78 Å². The molecule has 0 bridgehead atoms. The van der Waals surface area contributed by atoms with E-state index < -0.39 is 0 Å². The van der Waals surface area contributed by atoms with Crippen LogP contribution in [-0.4, -0.2) is 17.0 Å². The van der Waals surface area contributed by atoms with E-state index in [4.69, 9.17) is 0 Å². The van der Waals surface area contributed by atoms with Gasteiger partial charge in [-0.1, -0.05) is 31.6 Å². The van der Waals surface area contributed by atoms with E-state index in [2.05, 4.69) is 26.5 Å². The predicted octanol–water partition coefficient (Wildman–Crippen LogP) is 4.68. The number of hydrogen-bond acceptors (Lipinski definition) is 2. The van der Waals surface area contributed by atoms with E-state index in [1.807, 2.05) is 6.08 Å². The van der Waals surface area contributed by atoms with Crippen LogP contribution in [-0.2, 0) is 4.79 Å². The molecule has 0 heterocycles. The van der Waals surface area contributed by atoms with Crippen molar-refractivity contribution in [1.29, 1.82) is 0 Å². The van der Waals surface area contributed by atoms with E-state index in [9.17, 15) is 9.90 Å². The molecule has 7 atom stereocenters. The fraction of sp³-hybridized carbons (Fsp3) is 0.773. The van der Waals surface area contributed by atoms with Crippen molar-refractivity contribution in [2.75, 3.05) is 0 Å². The van der Waals surface area contributed by atoms with Gasteiger partial charge in [0.2, 0.25) is 0 Å². The van der Waals surface area contributed by atoms with E-state index in [1.54, 1.807) is 0 Å². The third kappa shape index (κ3) is 2.14. The van der Waals surface area contributed by atoms with Crippen molar-refractivity contribution in [1.82, 2.24) is 0 Å². The number of aliphatic hydroxyl groups is 1. The summed E-state index contributed by atoms with van der Waals surface area (Å²) in [6.07, 6.45) is 12.5. The Balaban J connectivity index is 1.66. The van der Waals surface area contributed by atoms with Gasteiger partial charge in [-0.2, -0.15) is 0 Å². The molecule has 0 saturated heterocycles. The molecule has 24 heavy (non-hydrogen) atoms. The van der Waals surface area contributed by atoms with Crippen LogP contribution >= 0.6 is 0 Å². The molecule has 0 radical (unpaired) electrons. The summed E-state index contributed by atoms with van der Waals surface area (Å²) in [6, 6.07) is 0. The van der Waals surface area contributed by atoms with Crippen molar-refractivity contribution in [3.63, 3.8) is 0 Å². The molecule has 0 spiro atoms. The van der Waals surface area contributed by atoms with E-state index in [-0.39, 0.29) is 22.9 Å². The summed E-state index contributed by atoms with van der Waals surface area (Å²) >= 11 is 0. The molecule has 0 amide bonds. The summed E-state index contributed by atoms with van der Waals surface area (Å²) in [5.74, 6) is 2.65. The van der Waals surface area contributed by atoms with E-state index in [1.165, 1.54) is 12.0 Å². The second-order valence-electron chi connectivity index (χ2n) is 9.43. The van der Waals surface area contributed by atoms with Gasteiger partial charge in [-0.05, 0) is 74.5 Å². The van der Waals surface area contributed by atoms with Crippen LogP contribution in [0.4, 0.5) is 0 Å². The SMILES string of the molecule is C=CC[C@@H]1C[C@H]2[C@@H]3CC=C4C[C@@H](O)CC[C@]4(C)[C@H]3CC[C@]2(C)C1=O. The first-order valence-corrected chi connectivity index (χ1v) is 9.93. The Morgan fingerprint density at radius 3 is 2.75 bits per heavy atom. The van der Waals surface area contributed by atoms with Gasteiger partial charge < -0.3 is 5.11 Å². The van der Waals surface area contributed by atoms with Gasteiger partial charge in [0.25, 0.3) is 0 Å². The van der Waals surface area contributed by atoms with Crippen molar-refractivity contribution in [2.24, 2.45) is 34.5 Å². The van der Waals surface area contributed by atoms with E-state index in [0.29, 0.717) is 23.5 Å². The van der Waals surface area contributed by atoms with Crippen molar-refractivity contribution < 1.29 is 9.90 Å². The second-order valence-corrected chi connectivity index (χ2v) is 9.43. The van der Waals surface area contributed by atoms with Crippen molar-refractivity contribution in [2.45, 2.75) is 71.3 Å². The first-order valence-electron chi connectivity index (χ1n) is 9.93. The first kappa shape index (κ1) is 16.6. The standard InChI is InChI=1S/C22H32O2/c1-4-5-14-12-19-17-7-6-15-13-16(23)8-10-21(15,2)18(17)9-11-22(19,3)20(14)24/h4,6,14,16-19,23H,1,5,7-13H2,2-3H3/t14-,16+,17-,18+,19+,21+,22+/m1/s1. The number of carbonyl (C=O) groups excluding carboxylic acids is 1. The maximum absolute atomic E-state index is 13.0. The Bertz CT molecular complexity index is 591. The summed E-state index contributed by atoms with van der Waals surface area (Å²) in [6.45, 7) is 8.57. The summed E-state index contributed by atoms with van der Waals surface area (Å²) < 4.78 is 0. The van der Waals surface area contributed by atoms with E-state index >= 15 is 0 Å². The van der Waals surface area contributed by atoms with Crippen molar-refractivity contribution >= 4 is 5.78 Å². The number of hydrogen-bond donors (Lipinski definition) is 1. The van der Waals surface area contributed by atoms with Crippen LogP contribution in [0.1, 0.15) is 65.2 Å². The lowest BCUT2D eigenvalue weighted by Crippen LogP contribution is -2.50. The second kappa shape index (κ2) is 5.56. The van der Waals surface area contributed by atoms with E-state index in [0.717, 1.165) is 44.9 Å². The van der Waals surface area contributed by atoms with Gasteiger partial charge in [0, 0.05) is 11.3 Å². The molecule has 4 aliphatic carbocycles. The fourth-order valence-electron chi connectivity index (χ4n) is 6.99. The highest BCUT2D eigenvalue weighted by atomic mass is 16.3. The Morgan fingerprint density at radius 1 is 1.25 bits per heavy atom. The van der Waals surface area contributed by atoms with Crippen LogP contribution in [0.3, 0.4) is 0 Å². The van der Waals surface area contributed by atoms with Gasteiger partial charge in [0.05, 0.1) is 6.10 Å². The smallest absolute Gasteiger partial charge is 0.142 e. The maximum Gasteiger partial charge on any atom is 0.142 e. The highest BCUT2D eigenvalue weighted by molar-refractivity contribution is 5.89. The molecular formula is C22H32O2. The number of carbonyl (C=O) groups is 1. The van der Waals surface area contributed by atoms with Crippen molar-refractivity contribution in [3.8, 4) is 0 Å². The van der Waals surface area contributed by atoms with Gasteiger partial charge in [-0.25, -0.2) is 0 Å². The van der Waals surface area contributed by atoms with Gasteiger partial charge in [-0.15, -0.1) is 6.58 Å². The number of rotatable bonds is 2. The lowest BCUT2D eigenvalue weighted by atomic mass is 9.48. The molecular weight excluding hydrogens is 296 g/mol. The number of ketones is 1. The van der Waals surface area contributed by atoms with Crippen molar-refractivity contribution in [3.05, 3.63) is 24.3 Å². The Hall–Kier alpha value is -0.890. The van der Waals surface area contributed by atoms with Gasteiger partial charge in [-0.3, -0.25) is 4.79 Å². The zero-order valence-corrected chi connectivity index (χ0v) is 15.3. The first-order chi connectivity index (χ1) is 11.4. The summed E-state index contributed by atoms with van der Waals surface area (Å²) in [5, 5.41) is 10.1. The molecule has 2 nitrogen and oxygen atoms in total. The largest absolute Gasteiger partial charge is 0.393 e. The number of Topliss-reactive ketones (excluding diaryl/α,β-unsaturated/α-hetero) is 1. The predicted molar refractivity (Wildman–Crippen MR) is 96.4 cm³/mol. The molecule has 0 aromatic heterocycles. The minimum absolute atomic E-state index is 0.0925. The van der Waals surface area contributed by atoms with Gasteiger partial charge >= 0.3 is 0 Å². The van der Waals surface area contributed by atoms with Crippen LogP contribution in [0.25, 0.3) is 0 Å². The Labute approximate surface area is 146 Å². The zero-order chi connectivity index (χ0) is 17.1. The van der Waals surface area contributed by atoms with Crippen LogP contribution in [0.2, 0.25) is 0 Å². The summed E-state index contributed by atoms with van der Waals surface area (Å²) in [5.41, 5.74) is 1.69. The Morgan fingerprint density at radius 2 is 2.00 bits per heavy atom. The quantitative estimate of drug-likeness (QED) is 0.747. The third-order valence-corrected chi connectivity index (χ3v) is 8.39. The molecule has 4 aliphatic rings. The maximum atomic E-state index is 13.0. The van der Waals surface area contributed by atoms with Gasteiger partial charge in [0.15, 0.2) is 0 Å². The summed E-state index contributed by atoms with van der Waals surface area (Å²) in [7, 11) is 0. The molecule has 3 saturated carbocycles. The molecule has 132 valence electrons. The van der Waals surface area contributed by atoms with Crippen LogP contribution in [0, 0.1) is 34.5 Å². The molecule has 3 fully saturated rings. The normalized spacial score (nSPS) is 50.5. The van der Waals surface area contributed by atoms with Crippen LogP contribution < -0.4 is 0 Å². The molecule has 4 rings (SSSR count). The molecule has 0 aromatic rings. The molecule has 0 aliphatic heterocycles. The zero-order valence-electron chi connectivity index (χ0n) is 15.3. The van der Waals surface area contributed by atoms with Crippen LogP contribution in [0.15, 0.2) is 24.3 Å². The number of fused-ring (bicyclic) bond motifs is 5. The number of aliphatic hydroxyl groups excluding tert-OH is 1. The summed E-state index contributed by atoms with van der Waals surface area (Å²) in [4.78, 5) is 13.0. The fourth-order valence-corrected chi connectivity index (χ4v) is 6.99. The highest BCUT2D eigenvalue weighted by Crippen LogP contribution is 2.64. The Kier molecular flexibility index (Phi) is 3.84. The number of allylic oxidation sites excluding steroid dienone is 2. The molecule has 0 unspecified atom stereocenters. The molecule has 0 aromatic carbocycles. The lowest BCUT2D eigenvalue weighted by Gasteiger charge is -2.56. The molecule has 2 heteroatoms. The minimum Gasteiger partial charge on any atom is -0.393 e. The lowest BCUT2D eigenvalue weighted by molar-refractivity contribution is -0.134. The average molecular weight is 328 g/mol. The topological polar surface area (TPSA) is 37.3 Å².